The van der Waals surface area contributed by atoms with Crippen molar-refractivity contribution in [2.75, 3.05) is 6.54 Å². The first kappa shape index (κ1) is 13.8. The van der Waals surface area contributed by atoms with Gasteiger partial charge in [-0.2, -0.15) is 0 Å². The van der Waals surface area contributed by atoms with E-state index in [-0.39, 0.29) is 17.8 Å². The number of amidine groups is 1. The Labute approximate surface area is 103 Å². The highest BCUT2D eigenvalue weighted by molar-refractivity contribution is 6.06. The molecule has 0 aromatic heterocycles. The van der Waals surface area contributed by atoms with Gasteiger partial charge in [-0.3, -0.25) is 4.79 Å². The fourth-order valence-electron chi connectivity index (χ4n) is 2.33. The summed E-state index contributed by atoms with van der Waals surface area (Å²) in [4.78, 5) is 14.3. The van der Waals surface area contributed by atoms with E-state index in [0.29, 0.717) is 5.92 Å². The summed E-state index contributed by atoms with van der Waals surface area (Å²) in [6.07, 6.45) is 2.07. The van der Waals surface area contributed by atoms with Crippen LogP contribution in [0.3, 0.4) is 0 Å². The first-order valence-corrected chi connectivity index (χ1v) is 6.11. The zero-order valence-electron chi connectivity index (χ0n) is 11.1. The van der Waals surface area contributed by atoms with Crippen LogP contribution in [0.2, 0.25) is 0 Å². The van der Waals surface area contributed by atoms with Gasteiger partial charge in [0.2, 0.25) is 5.91 Å². The third-order valence-corrected chi connectivity index (χ3v) is 3.61. The van der Waals surface area contributed by atoms with Crippen molar-refractivity contribution in [3.8, 4) is 0 Å². The molecule has 1 fully saturated rings. The minimum atomic E-state index is -0.938. The molecular formula is C12H23N3O2. The highest BCUT2D eigenvalue weighted by atomic mass is 16.4. The van der Waals surface area contributed by atoms with Gasteiger partial charge >= 0.3 is 0 Å². The number of hydrogen-bond acceptors (Lipinski definition) is 3. The van der Waals surface area contributed by atoms with Gasteiger partial charge in [0, 0.05) is 12.6 Å². The van der Waals surface area contributed by atoms with Gasteiger partial charge < -0.3 is 15.8 Å². The molecule has 0 aromatic rings. The van der Waals surface area contributed by atoms with Crippen LogP contribution >= 0.6 is 0 Å². The highest BCUT2D eigenvalue weighted by Crippen LogP contribution is 2.29. The van der Waals surface area contributed by atoms with Crippen molar-refractivity contribution in [3.05, 3.63) is 0 Å². The summed E-state index contributed by atoms with van der Waals surface area (Å²) in [5.74, 6) is 0.352. The molecule has 0 radical (unpaired) electrons. The molecule has 1 aliphatic heterocycles. The first-order chi connectivity index (χ1) is 7.82. The van der Waals surface area contributed by atoms with E-state index >= 15 is 0 Å². The Morgan fingerprint density at radius 3 is 2.59 bits per heavy atom. The lowest BCUT2D eigenvalue weighted by molar-refractivity contribution is -0.138. The van der Waals surface area contributed by atoms with E-state index in [9.17, 15) is 4.79 Å². The maximum absolute atomic E-state index is 12.4. The van der Waals surface area contributed by atoms with E-state index in [4.69, 9.17) is 10.9 Å². The molecule has 1 amide bonds. The maximum atomic E-state index is 12.4. The number of likely N-dealkylation sites (tertiary alicyclic amines) is 1. The lowest BCUT2D eigenvalue weighted by Crippen LogP contribution is -2.50. The summed E-state index contributed by atoms with van der Waals surface area (Å²) >= 11 is 0. The summed E-state index contributed by atoms with van der Waals surface area (Å²) in [6.45, 7) is 8.39. The quantitative estimate of drug-likeness (QED) is 0.339. The molecule has 98 valence electrons. The molecule has 1 unspecified atom stereocenters. The van der Waals surface area contributed by atoms with E-state index in [1.54, 1.807) is 13.8 Å². The Hall–Kier alpha value is -1.26. The van der Waals surface area contributed by atoms with Gasteiger partial charge in [-0.1, -0.05) is 19.0 Å². The molecule has 17 heavy (non-hydrogen) atoms. The third-order valence-electron chi connectivity index (χ3n) is 3.61. The molecule has 3 N–H and O–H groups in total. The number of carbonyl (C=O) groups excluding carboxylic acids is 1. The Kier molecular flexibility index (Phi) is 4.01. The number of hydrogen-bond donors (Lipinski definition) is 2. The lowest BCUT2D eigenvalue weighted by Gasteiger charge is -2.34. The lowest BCUT2D eigenvalue weighted by atomic mass is 9.89. The molecule has 0 saturated carbocycles. The van der Waals surface area contributed by atoms with Crippen LogP contribution < -0.4 is 5.73 Å². The summed E-state index contributed by atoms with van der Waals surface area (Å²) in [5, 5.41) is 11.7. The monoisotopic (exact) mass is 241 g/mol. The zero-order chi connectivity index (χ0) is 13.2. The predicted octanol–water partition coefficient (Wildman–Crippen LogP) is 1.41. The van der Waals surface area contributed by atoms with Gasteiger partial charge in [0.25, 0.3) is 0 Å². The fourth-order valence-corrected chi connectivity index (χ4v) is 2.33. The molecule has 1 aliphatic rings. The Balaban J connectivity index is 2.89. The smallest absolute Gasteiger partial charge is 0.236 e. The summed E-state index contributed by atoms with van der Waals surface area (Å²) < 4.78 is 0. The van der Waals surface area contributed by atoms with Gasteiger partial charge in [-0.05, 0) is 32.6 Å². The first-order valence-electron chi connectivity index (χ1n) is 6.11. The summed E-state index contributed by atoms with van der Waals surface area (Å²) in [7, 11) is 0. The normalized spacial score (nSPS) is 22.3. The van der Waals surface area contributed by atoms with E-state index in [1.807, 2.05) is 4.90 Å². The van der Waals surface area contributed by atoms with Crippen LogP contribution in [-0.2, 0) is 4.79 Å². The van der Waals surface area contributed by atoms with E-state index in [0.717, 1.165) is 19.4 Å². The van der Waals surface area contributed by atoms with Crippen LogP contribution in [0.25, 0.3) is 0 Å². The Morgan fingerprint density at radius 1 is 1.53 bits per heavy atom. The summed E-state index contributed by atoms with van der Waals surface area (Å²) in [6, 6.07) is 0.272. The van der Waals surface area contributed by atoms with Crippen LogP contribution in [0.5, 0.6) is 0 Å². The average molecular weight is 241 g/mol. The molecule has 0 aromatic carbocycles. The second kappa shape index (κ2) is 4.94. The largest absolute Gasteiger partial charge is 0.409 e. The van der Waals surface area contributed by atoms with Crippen molar-refractivity contribution in [2.24, 2.45) is 22.2 Å². The predicted molar refractivity (Wildman–Crippen MR) is 66.8 cm³/mol. The number of oxime groups is 1. The second-order valence-electron chi connectivity index (χ2n) is 5.56. The number of amides is 1. The minimum Gasteiger partial charge on any atom is -0.409 e. The molecule has 1 rings (SSSR count). The zero-order valence-corrected chi connectivity index (χ0v) is 11.1. The highest BCUT2D eigenvalue weighted by Gasteiger charge is 2.41. The van der Waals surface area contributed by atoms with Crippen molar-refractivity contribution in [2.45, 2.75) is 46.6 Å². The molecule has 1 atom stereocenters. The standard InChI is InChI=1S/C12H23N3O2/c1-8(2)9-6-5-7-15(9)11(16)12(3,4)10(13)14-17/h8-9,17H,5-7H2,1-4H3,(H2,13,14). The number of nitrogens with two attached hydrogens (primary N) is 1. The molecule has 1 heterocycles. The van der Waals surface area contributed by atoms with Crippen molar-refractivity contribution in [1.82, 2.24) is 4.90 Å². The van der Waals surface area contributed by atoms with Crippen LogP contribution in [0.4, 0.5) is 0 Å². The molecule has 0 aliphatic carbocycles. The van der Waals surface area contributed by atoms with Gasteiger partial charge in [-0.15, -0.1) is 0 Å². The van der Waals surface area contributed by atoms with Gasteiger partial charge in [0.05, 0.1) is 0 Å². The van der Waals surface area contributed by atoms with Gasteiger partial charge in [0.1, 0.15) is 5.41 Å². The van der Waals surface area contributed by atoms with Crippen LogP contribution in [0.15, 0.2) is 5.16 Å². The molecule has 5 heteroatoms. The van der Waals surface area contributed by atoms with Crippen molar-refractivity contribution < 1.29 is 10.0 Å². The fraction of sp³-hybridized carbons (Fsp3) is 0.833. The van der Waals surface area contributed by atoms with Crippen LogP contribution in [0, 0.1) is 11.3 Å². The van der Waals surface area contributed by atoms with E-state index in [2.05, 4.69) is 19.0 Å². The second-order valence-corrected chi connectivity index (χ2v) is 5.56. The minimum absolute atomic E-state index is 0.0306. The Bertz CT molecular complexity index is 324. The molecule has 0 spiro atoms. The van der Waals surface area contributed by atoms with Crippen LogP contribution in [-0.4, -0.2) is 34.4 Å². The summed E-state index contributed by atoms with van der Waals surface area (Å²) in [5.41, 5.74) is 4.66. The molecular weight excluding hydrogens is 218 g/mol. The molecule has 5 nitrogen and oxygen atoms in total. The van der Waals surface area contributed by atoms with Crippen LogP contribution in [0.1, 0.15) is 40.5 Å². The average Bonchev–Trinajstić information content (AvgIpc) is 2.75. The van der Waals surface area contributed by atoms with Crippen molar-refractivity contribution in [3.63, 3.8) is 0 Å². The SMILES string of the molecule is CC(C)C1CCCN1C(=O)C(C)(C)/C(N)=N/O. The third kappa shape index (κ3) is 2.53. The number of carbonyl (C=O) groups is 1. The van der Waals surface area contributed by atoms with E-state index < -0.39 is 5.41 Å². The van der Waals surface area contributed by atoms with Crippen molar-refractivity contribution >= 4 is 11.7 Å². The Morgan fingerprint density at radius 2 is 2.12 bits per heavy atom. The number of rotatable bonds is 3. The van der Waals surface area contributed by atoms with Gasteiger partial charge in [-0.25, -0.2) is 0 Å². The molecule has 1 saturated heterocycles. The molecule has 0 bridgehead atoms. The van der Waals surface area contributed by atoms with E-state index in [1.165, 1.54) is 0 Å². The van der Waals surface area contributed by atoms with Crippen molar-refractivity contribution in [1.29, 1.82) is 0 Å². The van der Waals surface area contributed by atoms with Gasteiger partial charge in [0.15, 0.2) is 5.84 Å². The topological polar surface area (TPSA) is 78.9 Å². The number of nitrogens with zero attached hydrogens (tertiary/aromatic N) is 2. The maximum Gasteiger partial charge on any atom is 0.236 e.